The predicted molar refractivity (Wildman–Crippen MR) is 118 cm³/mol. The van der Waals surface area contributed by atoms with Crippen molar-refractivity contribution in [1.29, 1.82) is 5.26 Å². The van der Waals surface area contributed by atoms with Crippen LogP contribution >= 0.6 is 0 Å². The number of amides is 2. The highest BCUT2D eigenvalue weighted by Gasteiger charge is 2.18. The number of rotatable bonds is 11. The van der Waals surface area contributed by atoms with E-state index in [4.69, 9.17) is 19.5 Å². The van der Waals surface area contributed by atoms with Gasteiger partial charge in [-0.15, -0.1) is 0 Å². The lowest BCUT2D eigenvalue weighted by atomic mass is 10.0. The van der Waals surface area contributed by atoms with Gasteiger partial charge in [0.15, 0.2) is 18.1 Å². The number of hydrazone groups is 1. The van der Waals surface area contributed by atoms with Gasteiger partial charge in [0.2, 0.25) is 5.91 Å². The fraction of sp³-hybridized carbons (Fsp3) is 0.304. The van der Waals surface area contributed by atoms with E-state index in [-0.39, 0.29) is 25.5 Å². The molecule has 0 fully saturated rings. The molecule has 0 radical (unpaired) electrons. The van der Waals surface area contributed by atoms with Gasteiger partial charge in [0.25, 0.3) is 0 Å². The van der Waals surface area contributed by atoms with Crippen LogP contribution in [0.1, 0.15) is 37.4 Å². The molecule has 2 N–H and O–H groups in total. The Morgan fingerprint density at radius 3 is 2.56 bits per heavy atom. The van der Waals surface area contributed by atoms with Crippen LogP contribution in [-0.2, 0) is 9.53 Å². The van der Waals surface area contributed by atoms with Crippen molar-refractivity contribution in [3.63, 3.8) is 0 Å². The molecule has 1 atom stereocenters. The maximum absolute atomic E-state index is 12.4. The molecule has 32 heavy (non-hydrogen) atoms. The van der Waals surface area contributed by atoms with E-state index in [0.717, 1.165) is 5.56 Å². The van der Waals surface area contributed by atoms with Gasteiger partial charge < -0.3 is 19.5 Å². The minimum absolute atomic E-state index is 0.0225. The van der Waals surface area contributed by atoms with Crippen LogP contribution in [0.25, 0.3) is 0 Å². The number of ether oxygens (including phenoxy) is 3. The van der Waals surface area contributed by atoms with E-state index in [2.05, 4.69) is 15.8 Å². The number of carbonyl (C=O) groups is 2. The Morgan fingerprint density at radius 2 is 1.88 bits per heavy atom. The molecule has 168 valence electrons. The molecule has 0 aliphatic carbocycles. The quantitative estimate of drug-likeness (QED) is 0.410. The summed E-state index contributed by atoms with van der Waals surface area (Å²) in [7, 11) is 0. The van der Waals surface area contributed by atoms with Crippen LogP contribution in [0.5, 0.6) is 11.5 Å². The van der Waals surface area contributed by atoms with Crippen LogP contribution in [0.4, 0.5) is 4.79 Å². The third-order valence-electron chi connectivity index (χ3n) is 4.12. The maximum atomic E-state index is 12.4. The fourth-order valence-electron chi connectivity index (χ4n) is 2.76. The van der Waals surface area contributed by atoms with Gasteiger partial charge in [-0.3, -0.25) is 4.79 Å². The number of nitrogens with one attached hydrogen (secondary N) is 2. The van der Waals surface area contributed by atoms with Crippen LogP contribution in [0, 0.1) is 11.3 Å². The average Bonchev–Trinajstić information content (AvgIpc) is 2.79. The largest absolute Gasteiger partial charge is 0.490 e. The molecule has 0 heterocycles. The molecular formula is C23H26N4O5. The second-order valence-electron chi connectivity index (χ2n) is 6.41. The number of hydrogen-bond acceptors (Lipinski definition) is 7. The van der Waals surface area contributed by atoms with Crippen molar-refractivity contribution in [2.75, 3.05) is 19.8 Å². The molecule has 9 heteroatoms. The highest BCUT2D eigenvalue weighted by Crippen LogP contribution is 2.28. The number of hydrogen-bond donors (Lipinski definition) is 2. The second kappa shape index (κ2) is 13.3. The fourth-order valence-corrected chi connectivity index (χ4v) is 2.76. The molecule has 0 spiro atoms. The van der Waals surface area contributed by atoms with Crippen molar-refractivity contribution in [2.24, 2.45) is 5.10 Å². The molecule has 0 unspecified atom stereocenters. The van der Waals surface area contributed by atoms with E-state index >= 15 is 0 Å². The molecule has 0 saturated heterocycles. The number of nitriles is 1. The topological polar surface area (TPSA) is 122 Å². The molecule has 0 aliphatic rings. The number of alkyl carbamates (subject to hydrolysis) is 1. The van der Waals surface area contributed by atoms with E-state index in [1.165, 1.54) is 6.21 Å². The Hall–Kier alpha value is -4.06. The summed E-state index contributed by atoms with van der Waals surface area (Å²) in [5.41, 5.74) is 3.90. The molecule has 9 nitrogen and oxygen atoms in total. The highest BCUT2D eigenvalue weighted by molar-refractivity contribution is 5.83. The van der Waals surface area contributed by atoms with Gasteiger partial charge in [-0.05, 0) is 43.2 Å². The molecule has 0 aliphatic heterocycles. The van der Waals surface area contributed by atoms with Crippen molar-refractivity contribution in [3.8, 4) is 17.6 Å². The van der Waals surface area contributed by atoms with Crippen LogP contribution < -0.4 is 20.2 Å². The van der Waals surface area contributed by atoms with Gasteiger partial charge in [-0.25, -0.2) is 10.2 Å². The smallest absolute Gasteiger partial charge is 0.407 e. The first-order valence-electron chi connectivity index (χ1n) is 10.1. The Balaban J connectivity index is 2.02. The third kappa shape index (κ3) is 7.99. The summed E-state index contributed by atoms with van der Waals surface area (Å²) in [6.45, 7) is 4.11. The van der Waals surface area contributed by atoms with Crippen molar-refractivity contribution in [1.82, 2.24) is 10.7 Å². The van der Waals surface area contributed by atoms with Gasteiger partial charge in [0, 0.05) is 0 Å². The van der Waals surface area contributed by atoms with Crippen LogP contribution in [0.2, 0.25) is 0 Å². The molecular weight excluding hydrogens is 412 g/mol. The summed E-state index contributed by atoms with van der Waals surface area (Å²) < 4.78 is 15.8. The lowest BCUT2D eigenvalue weighted by Gasteiger charge is -2.18. The number of benzene rings is 2. The highest BCUT2D eigenvalue weighted by atomic mass is 16.5. The minimum Gasteiger partial charge on any atom is -0.490 e. The number of nitrogens with zero attached hydrogens (tertiary/aromatic N) is 2. The molecule has 0 bridgehead atoms. The van der Waals surface area contributed by atoms with E-state index < -0.39 is 12.1 Å². The van der Waals surface area contributed by atoms with Gasteiger partial charge in [0.05, 0.1) is 31.9 Å². The van der Waals surface area contributed by atoms with E-state index in [1.807, 2.05) is 43.3 Å². The zero-order valence-electron chi connectivity index (χ0n) is 18.0. The average molecular weight is 438 g/mol. The molecule has 0 aromatic heterocycles. The van der Waals surface area contributed by atoms with Crippen molar-refractivity contribution >= 4 is 18.2 Å². The van der Waals surface area contributed by atoms with E-state index in [9.17, 15) is 9.59 Å². The lowest BCUT2D eigenvalue weighted by Crippen LogP contribution is -2.33. The predicted octanol–water partition coefficient (Wildman–Crippen LogP) is 3.32. The zero-order valence-corrected chi connectivity index (χ0v) is 18.0. The Kier molecular flexibility index (Phi) is 10.1. The summed E-state index contributed by atoms with van der Waals surface area (Å²) in [4.78, 5) is 24.3. The van der Waals surface area contributed by atoms with Gasteiger partial charge in [0.1, 0.15) is 6.07 Å². The summed E-state index contributed by atoms with van der Waals surface area (Å²) >= 11 is 0. The zero-order chi connectivity index (χ0) is 23.2. The standard InChI is InChI=1S/C23H26N4O5/c1-3-30-21-14-17(10-11-20(21)32-13-12-24)16-25-27-22(28)15-19(26-23(29)31-4-2)18-8-6-5-7-9-18/h5-11,14,16,19H,3-4,13,15H2,1-2H3,(H,26,29)(H,27,28)/b25-16-/t19-/m0/s1. The normalized spacial score (nSPS) is 11.3. The monoisotopic (exact) mass is 438 g/mol. The molecule has 2 amide bonds. The SMILES string of the molecule is CCOC(=O)N[C@@H](CC(=O)N/N=C\c1ccc(OCC#N)c(OCC)c1)c1ccccc1. The van der Waals surface area contributed by atoms with Gasteiger partial charge in [-0.2, -0.15) is 10.4 Å². The molecule has 0 saturated carbocycles. The van der Waals surface area contributed by atoms with Crippen LogP contribution in [0.3, 0.4) is 0 Å². The summed E-state index contributed by atoms with van der Waals surface area (Å²) in [6, 6.07) is 15.6. The van der Waals surface area contributed by atoms with Gasteiger partial charge >= 0.3 is 6.09 Å². The van der Waals surface area contributed by atoms with E-state index in [1.54, 1.807) is 25.1 Å². The first-order valence-corrected chi connectivity index (χ1v) is 10.1. The van der Waals surface area contributed by atoms with Crippen molar-refractivity contribution in [3.05, 3.63) is 59.7 Å². The molecule has 2 aromatic carbocycles. The third-order valence-corrected chi connectivity index (χ3v) is 4.12. The van der Waals surface area contributed by atoms with Crippen molar-refractivity contribution < 1.29 is 23.8 Å². The summed E-state index contributed by atoms with van der Waals surface area (Å²) in [5, 5.41) is 15.3. The maximum Gasteiger partial charge on any atom is 0.407 e. The van der Waals surface area contributed by atoms with Gasteiger partial charge in [-0.1, -0.05) is 30.3 Å². The van der Waals surface area contributed by atoms with Crippen LogP contribution in [0.15, 0.2) is 53.6 Å². The molecule has 2 rings (SSSR count). The number of carbonyl (C=O) groups excluding carboxylic acids is 2. The summed E-state index contributed by atoms with van der Waals surface area (Å²) in [6.07, 6.45) is 0.843. The Labute approximate surface area is 187 Å². The van der Waals surface area contributed by atoms with Crippen LogP contribution in [-0.4, -0.2) is 38.0 Å². The molecule has 2 aromatic rings. The minimum atomic E-state index is -0.597. The Bertz CT molecular complexity index is 957. The van der Waals surface area contributed by atoms with Crippen molar-refractivity contribution in [2.45, 2.75) is 26.3 Å². The first kappa shape index (κ1) is 24.2. The second-order valence-corrected chi connectivity index (χ2v) is 6.41. The first-order chi connectivity index (χ1) is 15.6. The Morgan fingerprint density at radius 1 is 1.09 bits per heavy atom. The summed E-state index contributed by atoms with van der Waals surface area (Å²) in [5.74, 6) is 0.539. The lowest BCUT2D eigenvalue weighted by molar-refractivity contribution is -0.121. The van der Waals surface area contributed by atoms with E-state index in [0.29, 0.717) is 23.7 Å².